The summed E-state index contributed by atoms with van der Waals surface area (Å²) >= 11 is 6.08. The molecule has 0 spiro atoms. The summed E-state index contributed by atoms with van der Waals surface area (Å²) in [5.74, 6) is -2.35. The van der Waals surface area contributed by atoms with Crippen LogP contribution in [0.2, 0.25) is 5.02 Å². The van der Waals surface area contributed by atoms with Crippen molar-refractivity contribution in [1.82, 2.24) is 9.97 Å². The van der Waals surface area contributed by atoms with Gasteiger partial charge in [-0.2, -0.15) is 0 Å². The Bertz CT molecular complexity index is 1520. The number of rotatable bonds is 7. The molecular formula is C23H17ClFN3O5S. The van der Waals surface area contributed by atoms with Gasteiger partial charge >= 0.3 is 0 Å². The second kappa shape index (κ2) is 9.32. The van der Waals surface area contributed by atoms with Gasteiger partial charge in [-0.25, -0.2) is 22.8 Å². The standard InChI is InChI=1S/C23H17ClFN3O5S/c1-2-11-34(31,32)23-26-12-16(24)19(28-23)22(30)27-18-15-5-3-4-6-17(15)33-21(18)20(29)13-7-9-14(25)10-8-13/h3-10,12H,2,11H2,1H3,(H,27,30). The van der Waals surface area contributed by atoms with Gasteiger partial charge in [-0.05, 0) is 42.8 Å². The first-order valence-electron chi connectivity index (χ1n) is 10.1. The molecule has 11 heteroatoms. The highest BCUT2D eigenvalue weighted by Crippen LogP contribution is 2.33. The molecule has 2 aromatic heterocycles. The largest absolute Gasteiger partial charge is 0.450 e. The Hall–Kier alpha value is -3.63. The van der Waals surface area contributed by atoms with Crippen molar-refractivity contribution in [3.63, 3.8) is 0 Å². The molecule has 0 unspecified atom stereocenters. The molecule has 0 atom stereocenters. The third-order valence-corrected chi connectivity index (χ3v) is 6.81. The number of carbonyl (C=O) groups is 2. The molecule has 2 heterocycles. The Morgan fingerprint density at radius 3 is 2.53 bits per heavy atom. The lowest BCUT2D eigenvalue weighted by Crippen LogP contribution is -2.19. The number of nitrogens with one attached hydrogen (secondary N) is 1. The van der Waals surface area contributed by atoms with Gasteiger partial charge < -0.3 is 9.73 Å². The fourth-order valence-electron chi connectivity index (χ4n) is 3.25. The van der Waals surface area contributed by atoms with Crippen molar-refractivity contribution in [2.24, 2.45) is 0 Å². The first kappa shape index (κ1) is 23.5. The van der Waals surface area contributed by atoms with Crippen molar-refractivity contribution in [3.05, 3.63) is 82.6 Å². The van der Waals surface area contributed by atoms with E-state index in [4.69, 9.17) is 16.0 Å². The third-order valence-electron chi connectivity index (χ3n) is 4.83. The maximum Gasteiger partial charge on any atom is 0.276 e. The number of hydrogen-bond acceptors (Lipinski definition) is 7. The van der Waals surface area contributed by atoms with Gasteiger partial charge in [-0.15, -0.1) is 0 Å². The minimum Gasteiger partial charge on any atom is -0.450 e. The van der Waals surface area contributed by atoms with Gasteiger partial charge in [0, 0.05) is 10.9 Å². The molecular weight excluding hydrogens is 485 g/mol. The molecule has 34 heavy (non-hydrogen) atoms. The molecule has 0 bridgehead atoms. The van der Waals surface area contributed by atoms with Gasteiger partial charge in [0.05, 0.1) is 22.7 Å². The highest BCUT2D eigenvalue weighted by atomic mass is 35.5. The van der Waals surface area contributed by atoms with Gasteiger partial charge in [-0.3, -0.25) is 9.59 Å². The number of nitrogens with zero attached hydrogens (tertiary/aromatic N) is 2. The highest BCUT2D eigenvalue weighted by Gasteiger charge is 2.26. The molecule has 0 saturated carbocycles. The van der Waals surface area contributed by atoms with Crippen LogP contribution < -0.4 is 5.32 Å². The number of sulfone groups is 1. The molecule has 0 saturated heterocycles. The number of hydrogen-bond donors (Lipinski definition) is 1. The number of furan rings is 1. The fourth-order valence-corrected chi connectivity index (χ4v) is 4.60. The minimum atomic E-state index is -3.81. The Balaban J connectivity index is 1.77. The molecule has 2 aromatic carbocycles. The quantitative estimate of drug-likeness (QED) is 0.288. The topological polar surface area (TPSA) is 119 Å². The molecule has 0 aliphatic rings. The minimum absolute atomic E-state index is 0.0440. The van der Waals surface area contributed by atoms with Crippen LogP contribution in [0.1, 0.15) is 40.0 Å². The van der Waals surface area contributed by atoms with Gasteiger partial charge in [0.15, 0.2) is 11.5 Å². The molecule has 0 aliphatic carbocycles. The zero-order valence-corrected chi connectivity index (χ0v) is 19.3. The summed E-state index contributed by atoms with van der Waals surface area (Å²) in [4.78, 5) is 33.8. The zero-order chi connectivity index (χ0) is 24.5. The van der Waals surface area contributed by atoms with Crippen LogP contribution in [0.5, 0.6) is 0 Å². The number of carbonyl (C=O) groups excluding carboxylic acids is 2. The van der Waals surface area contributed by atoms with Crippen LogP contribution in [0.15, 0.2) is 64.3 Å². The average Bonchev–Trinajstić information content (AvgIpc) is 3.17. The molecule has 0 aliphatic heterocycles. The molecule has 4 rings (SSSR count). The van der Waals surface area contributed by atoms with E-state index in [1.807, 2.05) is 0 Å². The molecule has 0 fully saturated rings. The molecule has 1 N–H and O–H groups in total. The number of halogens is 2. The fraction of sp³-hybridized carbons (Fsp3) is 0.130. The molecule has 1 amide bonds. The number of amides is 1. The van der Waals surface area contributed by atoms with Crippen LogP contribution >= 0.6 is 11.6 Å². The van der Waals surface area contributed by atoms with Crippen molar-refractivity contribution in [1.29, 1.82) is 0 Å². The van der Waals surface area contributed by atoms with E-state index < -0.39 is 32.5 Å². The van der Waals surface area contributed by atoms with Crippen molar-refractivity contribution >= 4 is 49.8 Å². The summed E-state index contributed by atoms with van der Waals surface area (Å²) in [5, 5.41) is 2.29. The Kier molecular flexibility index (Phi) is 6.45. The Morgan fingerprint density at radius 1 is 1.12 bits per heavy atom. The second-order valence-electron chi connectivity index (χ2n) is 7.26. The maximum absolute atomic E-state index is 13.3. The second-order valence-corrected chi connectivity index (χ2v) is 9.67. The van der Waals surface area contributed by atoms with Crippen molar-refractivity contribution in [2.75, 3.05) is 11.1 Å². The van der Waals surface area contributed by atoms with E-state index in [1.54, 1.807) is 31.2 Å². The third kappa shape index (κ3) is 4.55. The van der Waals surface area contributed by atoms with E-state index in [1.165, 1.54) is 12.1 Å². The van der Waals surface area contributed by atoms with Crippen LogP contribution in [-0.4, -0.2) is 35.8 Å². The zero-order valence-electron chi connectivity index (χ0n) is 17.7. The normalized spacial score (nSPS) is 11.5. The Labute approximate surface area is 198 Å². The molecule has 8 nitrogen and oxygen atoms in total. The monoisotopic (exact) mass is 501 g/mol. The summed E-state index contributed by atoms with van der Waals surface area (Å²) in [6.07, 6.45) is 1.37. The highest BCUT2D eigenvalue weighted by molar-refractivity contribution is 7.91. The lowest BCUT2D eigenvalue weighted by molar-refractivity contribution is 0.101. The molecule has 0 radical (unpaired) electrons. The van der Waals surface area contributed by atoms with Gasteiger partial charge in [0.25, 0.3) is 5.91 Å². The summed E-state index contributed by atoms with van der Waals surface area (Å²) in [6, 6.07) is 11.5. The Morgan fingerprint density at radius 2 is 1.82 bits per heavy atom. The summed E-state index contributed by atoms with van der Waals surface area (Å²) in [6.45, 7) is 1.69. The number of aromatic nitrogens is 2. The van der Waals surface area contributed by atoms with E-state index in [9.17, 15) is 22.4 Å². The average molecular weight is 502 g/mol. The van der Waals surface area contributed by atoms with Crippen LogP contribution in [0.3, 0.4) is 0 Å². The van der Waals surface area contributed by atoms with Crippen molar-refractivity contribution in [3.8, 4) is 0 Å². The van der Waals surface area contributed by atoms with E-state index in [2.05, 4.69) is 15.3 Å². The first-order chi connectivity index (χ1) is 16.2. The van der Waals surface area contributed by atoms with Crippen LogP contribution in [0, 0.1) is 5.82 Å². The van der Waals surface area contributed by atoms with Crippen LogP contribution in [0.4, 0.5) is 10.1 Å². The van der Waals surface area contributed by atoms with Crippen LogP contribution in [-0.2, 0) is 9.84 Å². The summed E-state index contributed by atoms with van der Waals surface area (Å²) < 4.78 is 43.7. The smallest absolute Gasteiger partial charge is 0.276 e. The number of benzene rings is 2. The van der Waals surface area contributed by atoms with E-state index >= 15 is 0 Å². The van der Waals surface area contributed by atoms with Gasteiger partial charge in [0.2, 0.25) is 20.8 Å². The van der Waals surface area contributed by atoms with E-state index in [0.717, 1.165) is 18.3 Å². The SMILES string of the molecule is CCCS(=O)(=O)c1ncc(Cl)c(C(=O)Nc2c(C(=O)c3ccc(F)cc3)oc3ccccc23)n1. The number of anilines is 1. The number of para-hydroxylation sites is 1. The lowest BCUT2D eigenvalue weighted by atomic mass is 10.1. The lowest BCUT2D eigenvalue weighted by Gasteiger charge is -2.08. The number of fused-ring (bicyclic) bond motifs is 1. The predicted molar refractivity (Wildman–Crippen MR) is 123 cm³/mol. The van der Waals surface area contributed by atoms with Crippen LogP contribution in [0.25, 0.3) is 11.0 Å². The van der Waals surface area contributed by atoms with Crippen molar-refractivity contribution < 1.29 is 26.8 Å². The first-order valence-corrected chi connectivity index (χ1v) is 12.1. The van der Waals surface area contributed by atoms with E-state index in [-0.39, 0.29) is 33.5 Å². The number of ketones is 1. The molecule has 174 valence electrons. The van der Waals surface area contributed by atoms with Crippen molar-refractivity contribution in [2.45, 2.75) is 18.5 Å². The van der Waals surface area contributed by atoms with Gasteiger partial charge in [0.1, 0.15) is 11.4 Å². The predicted octanol–water partition coefficient (Wildman–Crippen LogP) is 4.68. The van der Waals surface area contributed by atoms with Gasteiger partial charge in [-0.1, -0.05) is 30.7 Å². The molecule has 4 aromatic rings. The summed E-state index contributed by atoms with van der Waals surface area (Å²) in [7, 11) is -3.81. The summed E-state index contributed by atoms with van der Waals surface area (Å²) in [5.41, 5.74) is 0.131. The van der Waals surface area contributed by atoms with E-state index in [0.29, 0.717) is 17.4 Å². The maximum atomic E-state index is 13.3.